The van der Waals surface area contributed by atoms with Crippen molar-refractivity contribution in [3.05, 3.63) is 0 Å². The van der Waals surface area contributed by atoms with Crippen LogP contribution < -0.4 is 5.32 Å². The predicted molar refractivity (Wildman–Crippen MR) is 65.8 cm³/mol. The van der Waals surface area contributed by atoms with E-state index < -0.39 is 12.0 Å². The number of amides is 1. The van der Waals surface area contributed by atoms with E-state index in [4.69, 9.17) is 0 Å². The van der Waals surface area contributed by atoms with Crippen LogP contribution in [0.3, 0.4) is 0 Å². The summed E-state index contributed by atoms with van der Waals surface area (Å²) in [5.74, 6) is 0.0232. The van der Waals surface area contributed by atoms with Gasteiger partial charge < -0.3 is 15.3 Å². The molecule has 0 radical (unpaired) electrons. The van der Waals surface area contributed by atoms with Gasteiger partial charge in [-0.3, -0.25) is 4.79 Å². The van der Waals surface area contributed by atoms with Crippen molar-refractivity contribution in [2.75, 3.05) is 12.8 Å². The van der Waals surface area contributed by atoms with E-state index >= 15 is 0 Å². The molecule has 2 N–H and O–H groups in total. The molecular formula is C11H18N2O3S. The lowest BCUT2D eigenvalue weighted by Crippen LogP contribution is -2.52. The number of hydrogen-bond donors (Lipinski definition) is 2. The van der Waals surface area contributed by atoms with Crippen molar-refractivity contribution in [2.24, 2.45) is 5.92 Å². The lowest BCUT2D eigenvalue weighted by molar-refractivity contribution is -0.150. The minimum Gasteiger partial charge on any atom is -0.480 e. The number of nitrogens with zero attached hydrogens (tertiary/aromatic N) is 1. The first-order valence-electron chi connectivity index (χ1n) is 5.90. The van der Waals surface area contributed by atoms with Crippen molar-refractivity contribution in [2.45, 2.75) is 37.2 Å². The smallest absolute Gasteiger partial charge is 0.327 e. The van der Waals surface area contributed by atoms with Gasteiger partial charge in [-0.2, -0.15) is 0 Å². The Morgan fingerprint density at radius 3 is 2.59 bits per heavy atom. The zero-order chi connectivity index (χ0) is 12.6. The van der Waals surface area contributed by atoms with Gasteiger partial charge in [0.15, 0.2) is 0 Å². The van der Waals surface area contributed by atoms with Crippen LogP contribution >= 0.6 is 11.8 Å². The van der Waals surface area contributed by atoms with Gasteiger partial charge in [0, 0.05) is 5.75 Å². The van der Waals surface area contributed by atoms with E-state index in [1.807, 2.05) is 0 Å². The molecule has 6 heteroatoms. The quantitative estimate of drug-likeness (QED) is 0.762. The highest BCUT2D eigenvalue weighted by Gasteiger charge is 2.48. The van der Waals surface area contributed by atoms with Gasteiger partial charge in [0.1, 0.15) is 6.04 Å². The van der Waals surface area contributed by atoms with Crippen molar-refractivity contribution in [3.8, 4) is 0 Å². The zero-order valence-corrected chi connectivity index (χ0v) is 10.9. The number of rotatable bonds is 4. The lowest BCUT2D eigenvalue weighted by Gasteiger charge is -2.29. The minimum atomic E-state index is -0.891. The van der Waals surface area contributed by atoms with Gasteiger partial charge >= 0.3 is 5.97 Å². The second-order valence-electron chi connectivity index (χ2n) is 4.67. The molecule has 0 spiro atoms. The molecule has 1 heterocycles. The van der Waals surface area contributed by atoms with Crippen LogP contribution in [-0.2, 0) is 9.59 Å². The lowest BCUT2D eigenvalue weighted by atomic mass is 10.2. The number of carbonyl (C=O) groups excluding carboxylic acids is 1. The fourth-order valence-corrected chi connectivity index (χ4v) is 3.73. The van der Waals surface area contributed by atoms with E-state index in [0.29, 0.717) is 11.7 Å². The second-order valence-corrected chi connectivity index (χ2v) is 5.82. The van der Waals surface area contributed by atoms with Crippen molar-refractivity contribution < 1.29 is 14.7 Å². The zero-order valence-electron chi connectivity index (χ0n) is 10.0. The summed E-state index contributed by atoms with van der Waals surface area (Å²) >= 11 is 1.61. The van der Waals surface area contributed by atoms with E-state index in [0.717, 1.165) is 12.8 Å². The third-order valence-electron chi connectivity index (χ3n) is 3.40. The van der Waals surface area contributed by atoms with E-state index in [9.17, 15) is 14.7 Å². The Labute approximate surface area is 105 Å². The van der Waals surface area contributed by atoms with Crippen LogP contribution in [0.4, 0.5) is 0 Å². The first kappa shape index (κ1) is 12.7. The third-order valence-corrected chi connectivity index (χ3v) is 4.86. The molecule has 1 amide bonds. The van der Waals surface area contributed by atoms with Crippen LogP contribution in [0.5, 0.6) is 0 Å². The average molecular weight is 258 g/mol. The Bertz CT molecular complexity index is 333. The summed E-state index contributed by atoms with van der Waals surface area (Å²) in [5, 5.41) is 12.1. The standard InChI is InChI=1S/C11H18N2O3S/c1-6(12-2)9(14)13-8(11(15)16)5-17-10(13)7-3-4-7/h6-8,10,12H,3-5H2,1-2H3,(H,15,16). The molecule has 1 saturated heterocycles. The number of nitrogens with one attached hydrogen (secondary N) is 1. The summed E-state index contributed by atoms with van der Waals surface area (Å²) in [7, 11) is 1.72. The van der Waals surface area contributed by atoms with Crippen LogP contribution in [0.1, 0.15) is 19.8 Å². The molecule has 1 saturated carbocycles. The molecule has 1 aliphatic heterocycles. The summed E-state index contributed by atoms with van der Waals surface area (Å²) in [4.78, 5) is 25.0. The number of likely N-dealkylation sites (N-methyl/N-ethyl adjacent to an activating group) is 1. The highest BCUT2D eigenvalue weighted by atomic mass is 32.2. The van der Waals surface area contributed by atoms with E-state index in [1.54, 1.807) is 30.6 Å². The molecule has 3 unspecified atom stereocenters. The molecule has 2 aliphatic rings. The Morgan fingerprint density at radius 2 is 2.12 bits per heavy atom. The Hall–Kier alpha value is -0.750. The van der Waals surface area contributed by atoms with E-state index in [1.165, 1.54) is 0 Å². The first-order chi connectivity index (χ1) is 8.06. The molecule has 3 atom stereocenters. The Kier molecular flexibility index (Phi) is 3.63. The van der Waals surface area contributed by atoms with Crippen molar-refractivity contribution in [1.29, 1.82) is 0 Å². The molecule has 1 aliphatic carbocycles. The molecule has 17 heavy (non-hydrogen) atoms. The Balaban J connectivity index is 2.16. The molecule has 5 nitrogen and oxygen atoms in total. The highest BCUT2D eigenvalue weighted by Crippen LogP contribution is 2.45. The maximum atomic E-state index is 12.2. The van der Waals surface area contributed by atoms with Crippen molar-refractivity contribution in [1.82, 2.24) is 10.2 Å². The van der Waals surface area contributed by atoms with Gasteiger partial charge in [-0.05, 0) is 32.7 Å². The van der Waals surface area contributed by atoms with Crippen molar-refractivity contribution >= 4 is 23.6 Å². The monoisotopic (exact) mass is 258 g/mol. The number of thioether (sulfide) groups is 1. The van der Waals surface area contributed by atoms with Crippen LogP contribution in [0.15, 0.2) is 0 Å². The number of aliphatic carboxylic acids is 1. The second kappa shape index (κ2) is 4.86. The fourth-order valence-electron chi connectivity index (χ4n) is 2.09. The summed E-state index contributed by atoms with van der Waals surface area (Å²) in [6, 6.07) is -0.981. The molecule has 96 valence electrons. The van der Waals surface area contributed by atoms with Gasteiger partial charge in [-0.15, -0.1) is 11.8 Å². The maximum absolute atomic E-state index is 12.2. The average Bonchev–Trinajstić information content (AvgIpc) is 3.05. The van der Waals surface area contributed by atoms with Gasteiger partial charge in [-0.25, -0.2) is 4.79 Å². The van der Waals surface area contributed by atoms with Gasteiger partial charge in [0.25, 0.3) is 0 Å². The van der Waals surface area contributed by atoms with Gasteiger partial charge in [-0.1, -0.05) is 0 Å². The van der Waals surface area contributed by atoms with Crippen LogP contribution in [0.2, 0.25) is 0 Å². The number of carbonyl (C=O) groups is 2. The molecular weight excluding hydrogens is 240 g/mol. The summed E-state index contributed by atoms with van der Waals surface area (Å²) in [6.45, 7) is 1.77. The van der Waals surface area contributed by atoms with E-state index in [-0.39, 0.29) is 17.3 Å². The normalized spacial score (nSPS) is 30.4. The summed E-state index contributed by atoms with van der Waals surface area (Å²) < 4.78 is 0. The number of hydrogen-bond acceptors (Lipinski definition) is 4. The molecule has 2 rings (SSSR count). The largest absolute Gasteiger partial charge is 0.480 e. The minimum absolute atomic E-state index is 0.0689. The van der Waals surface area contributed by atoms with Crippen molar-refractivity contribution in [3.63, 3.8) is 0 Å². The predicted octanol–water partition coefficient (Wildman–Crippen LogP) is 0.359. The number of carboxylic acids is 1. The molecule has 0 aromatic carbocycles. The topological polar surface area (TPSA) is 69.6 Å². The highest BCUT2D eigenvalue weighted by molar-refractivity contribution is 8.00. The molecule has 2 fully saturated rings. The fraction of sp³-hybridized carbons (Fsp3) is 0.818. The number of carboxylic acid groups (broad SMARTS) is 1. The maximum Gasteiger partial charge on any atom is 0.327 e. The SMILES string of the molecule is CNC(C)C(=O)N1C(C(=O)O)CSC1C1CC1. The van der Waals surface area contributed by atoms with Crippen LogP contribution in [-0.4, -0.2) is 52.1 Å². The summed E-state index contributed by atoms with van der Waals surface area (Å²) in [6.07, 6.45) is 2.23. The molecule has 0 aromatic rings. The van der Waals surface area contributed by atoms with Gasteiger partial charge in [0.2, 0.25) is 5.91 Å². The third kappa shape index (κ3) is 2.42. The molecule has 0 bridgehead atoms. The Morgan fingerprint density at radius 1 is 1.47 bits per heavy atom. The van der Waals surface area contributed by atoms with Crippen LogP contribution in [0.25, 0.3) is 0 Å². The van der Waals surface area contributed by atoms with Crippen LogP contribution in [0, 0.1) is 5.92 Å². The molecule has 0 aromatic heterocycles. The van der Waals surface area contributed by atoms with E-state index in [2.05, 4.69) is 5.32 Å². The summed E-state index contributed by atoms with van der Waals surface area (Å²) in [5.41, 5.74) is 0. The van der Waals surface area contributed by atoms with Gasteiger partial charge in [0.05, 0.1) is 11.4 Å². The first-order valence-corrected chi connectivity index (χ1v) is 6.95.